The van der Waals surface area contributed by atoms with Gasteiger partial charge in [0.1, 0.15) is 0 Å². The van der Waals surface area contributed by atoms with Crippen LogP contribution < -0.4 is 9.46 Å². The van der Waals surface area contributed by atoms with E-state index in [1.165, 1.54) is 25.5 Å². The number of benzene rings is 3. The van der Waals surface area contributed by atoms with Gasteiger partial charge in [-0.05, 0) is 61.9 Å². The minimum atomic E-state index is -3.71. The van der Waals surface area contributed by atoms with E-state index in [9.17, 15) is 13.5 Å². The Labute approximate surface area is 170 Å². The lowest BCUT2D eigenvalue weighted by Crippen LogP contribution is -2.13. The van der Waals surface area contributed by atoms with Crippen molar-refractivity contribution >= 4 is 27.6 Å². The Balaban J connectivity index is 1.79. The first-order chi connectivity index (χ1) is 13.8. The van der Waals surface area contributed by atoms with E-state index in [1.54, 1.807) is 36.4 Å². The number of hydrogen-bond donors (Lipinski definition) is 2. The standard InChI is InChI=1S/C22H22N2O4S/c1-15-7-12-20(16(2)13-15)24-29(26,27)19-10-8-18(9-11-19)23-14-17-5-4-6-21(28-3)22(17)25/h4-14,24-25H,1-3H3. The summed E-state index contributed by atoms with van der Waals surface area (Å²) in [7, 11) is -2.23. The van der Waals surface area contributed by atoms with Gasteiger partial charge in [-0.2, -0.15) is 0 Å². The Kier molecular flexibility index (Phi) is 5.89. The summed E-state index contributed by atoms with van der Waals surface area (Å²) in [5, 5.41) is 10.1. The Morgan fingerprint density at radius 3 is 2.41 bits per heavy atom. The van der Waals surface area contributed by atoms with E-state index in [4.69, 9.17) is 4.74 Å². The molecule has 0 saturated heterocycles. The van der Waals surface area contributed by atoms with E-state index in [-0.39, 0.29) is 10.6 Å². The number of sulfonamides is 1. The van der Waals surface area contributed by atoms with Crippen LogP contribution in [0.1, 0.15) is 16.7 Å². The Morgan fingerprint density at radius 1 is 1.03 bits per heavy atom. The van der Waals surface area contributed by atoms with Crippen molar-refractivity contribution < 1.29 is 18.3 Å². The first-order valence-electron chi connectivity index (χ1n) is 8.90. The van der Waals surface area contributed by atoms with Crippen LogP contribution in [-0.2, 0) is 10.0 Å². The van der Waals surface area contributed by atoms with E-state index >= 15 is 0 Å². The first-order valence-corrected chi connectivity index (χ1v) is 10.4. The van der Waals surface area contributed by atoms with Crippen LogP contribution in [0.2, 0.25) is 0 Å². The fourth-order valence-corrected chi connectivity index (χ4v) is 3.93. The van der Waals surface area contributed by atoms with Crippen LogP contribution in [0.5, 0.6) is 11.5 Å². The molecular weight excluding hydrogens is 388 g/mol. The fourth-order valence-electron chi connectivity index (χ4n) is 2.80. The van der Waals surface area contributed by atoms with Crippen LogP contribution in [0.3, 0.4) is 0 Å². The number of aliphatic imine (C=N–C) groups is 1. The van der Waals surface area contributed by atoms with Crippen molar-refractivity contribution in [2.45, 2.75) is 18.7 Å². The Hall–Kier alpha value is -3.32. The van der Waals surface area contributed by atoms with Crippen LogP contribution >= 0.6 is 0 Å². The molecule has 0 unspecified atom stereocenters. The van der Waals surface area contributed by atoms with Gasteiger partial charge in [-0.15, -0.1) is 0 Å². The van der Waals surface area contributed by atoms with E-state index in [0.29, 0.717) is 22.7 Å². The normalized spacial score (nSPS) is 11.6. The van der Waals surface area contributed by atoms with E-state index < -0.39 is 10.0 Å². The second-order valence-corrected chi connectivity index (χ2v) is 8.26. The summed E-state index contributed by atoms with van der Waals surface area (Å²) in [5.74, 6) is 0.350. The molecule has 3 aromatic carbocycles. The Morgan fingerprint density at radius 2 is 1.76 bits per heavy atom. The molecule has 0 amide bonds. The van der Waals surface area contributed by atoms with E-state index in [0.717, 1.165) is 11.1 Å². The zero-order valence-corrected chi connectivity index (χ0v) is 17.2. The van der Waals surface area contributed by atoms with Gasteiger partial charge in [0.25, 0.3) is 10.0 Å². The van der Waals surface area contributed by atoms with Gasteiger partial charge in [-0.25, -0.2) is 8.42 Å². The van der Waals surface area contributed by atoms with Crippen LogP contribution in [-0.4, -0.2) is 26.8 Å². The molecule has 0 fully saturated rings. The first kappa shape index (κ1) is 20.4. The molecule has 0 spiro atoms. The number of methoxy groups -OCH3 is 1. The minimum Gasteiger partial charge on any atom is -0.504 e. The Bertz CT molecular complexity index is 1150. The van der Waals surface area contributed by atoms with Crippen molar-refractivity contribution in [1.82, 2.24) is 0 Å². The summed E-state index contributed by atoms with van der Waals surface area (Å²) in [6, 6.07) is 16.8. The number of nitrogens with zero attached hydrogens (tertiary/aromatic N) is 1. The molecule has 0 aliphatic carbocycles. The average Bonchev–Trinajstić information content (AvgIpc) is 2.70. The third-order valence-corrected chi connectivity index (χ3v) is 5.76. The molecule has 3 rings (SSSR count). The highest BCUT2D eigenvalue weighted by molar-refractivity contribution is 7.92. The fraction of sp³-hybridized carbons (Fsp3) is 0.136. The van der Waals surface area contributed by atoms with Gasteiger partial charge in [0.2, 0.25) is 0 Å². The zero-order chi connectivity index (χ0) is 21.0. The maximum absolute atomic E-state index is 12.6. The maximum atomic E-state index is 12.6. The average molecular weight is 410 g/mol. The zero-order valence-electron chi connectivity index (χ0n) is 16.4. The summed E-state index contributed by atoms with van der Waals surface area (Å²) < 4.78 is 33.0. The van der Waals surface area contributed by atoms with E-state index in [1.807, 2.05) is 26.0 Å². The summed E-state index contributed by atoms with van der Waals surface area (Å²) in [6.07, 6.45) is 1.50. The summed E-state index contributed by atoms with van der Waals surface area (Å²) in [4.78, 5) is 4.43. The second-order valence-electron chi connectivity index (χ2n) is 6.57. The number of para-hydroxylation sites is 1. The molecule has 0 heterocycles. The van der Waals surface area contributed by atoms with Gasteiger partial charge >= 0.3 is 0 Å². The predicted molar refractivity (Wildman–Crippen MR) is 115 cm³/mol. The monoisotopic (exact) mass is 410 g/mol. The minimum absolute atomic E-state index is 0.00406. The summed E-state index contributed by atoms with van der Waals surface area (Å²) in [5.41, 5.74) is 3.52. The molecule has 0 saturated carbocycles. The number of aromatic hydroxyl groups is 1. The number of phenolic OH excluding ortho intramolecular Hbond substituents is 1. The number of ether oxygens (including phenoxy) is 1. The molecule has 0 atom stereocenters. The third kappa shape index (κ3) is 4.75. The molecule has 0 aliphatic rings. The number of rotatable bonds is 6. The van der Waals surface area contributed by atoms with Crippen molar-refractivity contribution in [2.24, 2.45) is 4.99 Å². The van der Waals surface area contributed by atoms with Gasteiger partial charge in [-0.3, -0.25) is 9.71 Å². The number of nitrogens with one attached hydrogen (secondary N) is 1. The van der Waals surface area contributed by atoms with Crippen LogP contribution in [0.15, 0.2) is 70.6 Å². The summed E-state index contributed by atoms with van der Waals surface area (Å²) in [6.45, 7) is 3.81. The molecule has 0 aliphatic heterocycles. The van der Waals surface area contributed by atoms with Crippen molar-refractivity contribution in [3.05, 3.63) is 77.4 Å². The molecule has 0 radical (unpaired) electrons. The lowest BCUT2D eigenvalue weighted by atomic mass is 10.1. The lowest BCUT2D eigenvalue weighted by molar-refractivity contribution is 0.373. The van der Waals surface area contributed by atoms with E-state index in [2.05, 4.69) is 9.71 Å². The molecule has 2 N–H and O–H groups in total. The van der Waals surface area contributed by atoms with Crippen LogP contribution in [0, 0.1) is 13.8 Å². The smallest absolute Gasteiger partial charge is 0.261 e. The highest BCUT2D eigenvalue weighted by Gasteiger charge is 2.15. The SMILES string of the molecule is COc1cccc(C=Nc2ccc(S(=O)(=O)Nc3ccc(C)cc3C)cc2)c1O. The van der Waals surface area contributed by atoms with Crippen molar-refractivity contribution in [1.29, 1.82) is 0 Å². The van der Waals surface area contributed by atoms with Crippen molar-refractivity contribution in [2.75, 3.05) is 11.8 Å². The molecular formula is C22H22N2O4S. The predicted octanol–water partition coefficient (Wildman–Crippen LogP) is 4.57. The topological polar surface area (TPSA) is 88.0 Å². The number of aryl methyl sites for hydroxylation is 2. The highest BCUT2D eigenvalue weighted by atomic mass is 32.2. The van der Waals surface area contributed by atoms with Crippen LogP contribution in [0.4, 0.5) is 11.4 Å². The molecule has 7 heteroatoms. The highest BCUT2D eigenvalue weighted by Crippen LogP contribution is 2.29. The molecule has 0 bridgehead atoms. The largest absolute Gasteiger partial charge is 0.504 e. The van der Waals surface area contributed by atoms with Gasteiger partial charge in [0.15, 0.2) is 11.5 Å². The van der Waals surface area contributed by atoms with Gasteiger partial charge in [0, 0.05) is 11.8 Å². The van der Waals surface area contributed by atoms with Crippen molar-refractivity contribution in [3.8, 4) is 11.5 Å². The number of phenols is 1. The number of anilines is 1. The summed E-state index contributed by atoms with van der Waals surface area (Å²) >= 11 is 0. The quantitative estimate of drug-likeness (QED) is 0.583. The molecule has 29 heavy (non-hydrogen) atoms. The molecule has 3 aromatic rings. The molecule has 0 aromatic heterocycles. The maximum Gasteiger partial charge on any atom is 0.261 e. The number of hydrogen-bond acceptors (Lipinski definition) is 5. The third-order valence-electron chi connectivity index (χ3n) is 4.38. The van der Waals surface area contributed by atoms with Crippen LogP contribution in [0.25, 0.3) is 0 Å². The van der Waals surface area contributed by atoms with Crippen molar-refractivity contribution in [3.63, 3.8) is 0 Å². The lowest BCUT2D eigenvalue weighted by Gasteiger charge is -2.11. The molecule has 150 valence electrons. The van der Waals surface area contributed by atoms with Gasteiger partial charge in [0.05, 0.1) is 23.4 Å². The second kappa shape index (κ2) is 8.36. The molecule has 6 nitrogen and oxygen atoms in total. The van der Waals surface area contributed by atoms with Gasteiger partial charge < -0.3 is 9.84 Å². The van der Waals surface area contributed by atoms with Gasteiger partial charge in [-0.1, -0.05) is 23.8 Å².